The molecule has 2 nitrogen and oxygen atoms in total. The van der Waals surface area contributed by atoms with Gasteiger partial charge < -0.3 is 4.74 Å². The van der Waals surface area contributed by atoms with Crippen LogP contribution in [0.4, 0.5) is 0 Å². The largest absolute Gasteiger partial charge is 0.497 e. The van der Waals surface area contributed by atoms with Crippen molar-refractivity contribution < 1.29 is 4.74 Å². The molecule has 0 amide bonds. The Bertz CT molecular complexity index is 674. The summed E-state index contributed by atoms with van der Waals surface area (Å²) in [6.45, 7) is 0. The lowest BCUT2D eigenvalue weighted by Gasteiger charge is -2.01. The van der Waals surface area contributed by atoms with Crippen molar-refractivity contribution in [3.8, 4) is 17.0 Å². The van der Waals surface area contributed by atoms with Crippen LogP contribution in [0.2, 0.25) is 0 Å². The van der Waals surface area contributed by atoms with Crippen LogP contribution in [0.1, 0.15) is 10.6 Å². The maximum Gasteiger partial charge on any atom is 0.118 e. The second kappa shape index (κ2) is 5.88. The fourth-order valence-electron chi connectivity index (χ4n) is 2.05. The van der Waals surface area contributed by atoms with Crippen molar-refractivity contribution in [2.75, 3.05) is 7.11 Å². The molecule has 3 rings (SSSR count). The van der Waals surface area contributed by atoms with E-state index in [1.54, 1.807) is 18.4 Å². The molecule has 0 fully saturated rings. The molecule has 20 heavy (non-hydrogen) atoms. The molecule has 0 saturated carbocycles. The first kappa shape index (κ1) is 12.9. The molecule has 100 valence electrons. The molecule has 0 N–H and O–H groups in total. The van der Waals surface area contributed by atoms with Gasteiger partial charge in [0.2, 0.25) is 0 Å². The molecule has 0 saturated heterocycles. The molecule has 0 aliphatic rings. The summed E-state index contributed by atoms with van der Waals surface area (Å²) < 4.78 is 5.17. The van der Waals surface area contributed by atoms with E-state index in [1.807, 2.05) is 30.3 Å². The van der Waals surface area contributed by atoms with Crippen LogP contribution in [0.5, 0.6) is 5.75 Å². The number of hydrogen-bond acceptors (Lipinski definition) is 3. The monoisotopic (exact) mass is 281 g/mol. The number of rotatable bonds is 4. The van der Waals surface area contributed by atoms with Crippen LogP contribution < -0.4 is 4.74 Å². The summed E-state index contributed by atoms with van der Waals surface area (Å²) in [6.07, 6.45) is 0.863. The highest BCUT2D eigenvalue weighted by Gasteiger charge is 2.05. The van der Waals surface area contributed by atoms with E-state index in [0.717, 1.165) is 22.9 Å². The van der Waals surface area contributed by atoms with Gasteiger partial charge in [-0.2, -0.15) is 0 Å². The van der Waals surface area contributed by atoms with Crippen molar-refractivity contribution in [2.45, 2.75) is 6.42 Å². The molecule has 0 spiro atoms. The van der Waals surface area contributed by atoms with E-state index in [0.29, 0.717) is 0 Å². The predicted molar refractivity (Wildman–Crippen MR) is 83.4 cm³/mol. The lowest BCUT2D eigenvalue weighted by molar-refractivity contribution is 0.414. The van der Waals surface area contributed by atoms with Crippen molar-refractivity contribution in [3.05, 3.63) is 70.5 Å². The van der Waals surface area contributed by atoms with Crippen LogP contribution in [0.15, 0.2) is 60.0 Å². The Morgan fingerprint density at radius 1 is 1.00 bits per heavy atom. The van der Waals surface area contributed by atoms with Gasteiger partial charge in [-0.15, -0.1) is 11.3 Å². The Morgan fingerprint density at radius 3 is 2.45 bits per heavy atom. The van der Waals surface area contributed by atoms with Gasteiger partial charge in [-0.1, -0.05) is 42.5 Å². The molecular formula is C17H15NOS. The standard InChI is InChI=1S/C17H15NOS/c1-19-15-9-7-13(8-10-15)11-17-18-16(12-20-17)14-5-3-2-4-6-14/h2-10,12H,11H2,1H3. The zero-order valence-corrected chi connectivity index (χ0v) is 12.1. The molecule has 0 bridgehead atoms. The van der Waals surface area contributed by atoms with Crippen molar-refractivity contribution in [3.63, 3.8) is 0 Å². The predicted octanol–water partition coefficient (Wildman–Crippen LogP) is 4.41. The lowest BCUT2D eigenvalue weighted by atomic mass is 10.1. The number of thiazole rings is 1. The summed E-state index contributed by atoms with van der Waals surface area (Å²) in [7, 11) is 1.68. The van der Waals surface area contributed by atoms with Gasteiger partial charge in [0.25, 0.3) is 0 Å². The average molecular weight is 281 g/mol. The Hall–Kier alpha value is -2.13. The highest BCUT2D eigenvalue weighted by Crippen LogP contribution is 2.23. The summed E-state index contributed by atoms with van der Waals surface area (Å²) in [4.78, 5) is 4.71. The number of aromatic nitrogens is 1. The molecule has 0 unspecified atom stereocenters. The number of ether oxygens (including phenoxy) is 1. The fraction of sp³-hybridized carbons (Fsp3) is 0.118. The highest BCUT2D eigenvalue weighted by atomic mass is 32.1. The molecule has 2 aromatic carbocycles. The molecule has 3 heteroatoms. The van der Waals surface area contributed by atoms with Crippen molar-refractivity contribution >= 4 is 11.3 Å². The third kappa shape index (κ3) is 2.89. The van der Waals surface area contributed by atoms with E-state index in [2.05, 4.69) is 29.6 Å². The maximum atomic E-state index is 5.17. The summed E-state index contributed by atoms with van der Waals surface area (Å²) in [5, 5.41) is 3.25. The third-order valence-corrected chi connectivity index (χ3v) is 3.98. The lowest BCUT2D eigenvalue weighted by Crippen LogP contribution is -1.88. The first-order valence-electron chi connectivity index (χ1n) is 6.48. The maximum absolute atomic E-state index is 5.17. The van der Waals surface area contributed by atoms with E-state index >= 15 is 0 Å². The van der Waals surface area contributed by atoms with E-state index in [9.17, 15) is 0 Å². The van der Waals surface area contributed by atoms with Gasteiger partial charge in [-0.3, -0.25) is 0 Å². The molecule has 1 aromatic heterocycles. The van der Waals surface area contributed by atoms with E-state index in [1.165, 1.54) is 11.1 Å². The Balaban J connectivity index is 1.77. The molecular weight excluding hydrogens is 266 g/mol. The minimum atomic E-state index is 0.863. The van der Waals surface area contributed by atoms with Crippen LogP contribution in [-0.4, -0.2) is 12.1 Å². The minimum absolute atomic E-state index is 0.863. The van der Waals surface area contributed by atoms with Crippen LogP contribution in [-0.2, 0) is 6.42 Å². The first-order valence-corrected chi connectivity index (χ1v) is 7.36. The molecule has 3 aromatic rings. The first-order chi connectivity index (χ1) is 9.85. The number of methoxy groups -OCH3 is 1. The van der Waals surface area contributed by atoms with E-state index < -0.39 is 0 Å². The molecule has 1 heterocycles. The molecule has 0 atom stereocenters. The van der Waals surface area contributed by atoms with E-state index in [4.69, 9.17) is 9.72 Å². The summed E-state index contributed by atoms with van der Waals surface area (Å²) in [6, 6.07) is 18.4. The number of hydrogen-bond donors (Lipinski definition) is 0. The Morgan fingerprint density at radius 2 is 1.75 bits per heavy atom. The second-order valence-corrected chi connectivity index (χ2v) is 5.46. The highest BCUT2D eigenvalue weighted by molar-refractivity contribution is 7.10. The Kier molecular flexibility index (Phi) is 3.79. The van der Waals surface area contributed by atoms with Crippen molar-refractivity contribution in [1.29, 1.82) is 0 Å². The summed E-state index contributed by atoms with van der Waals surface area (Å²) >= 11 is 1.71. The topological polar surface area (TPSA) is 22.1 Å². The molecule has 0 aliphatic carbocycles. The van der Waals surface area contributed by atoms with Gasteiger partial charge in [0.05, 0.1) is 17.8 Å². The normalized spacial score (nSPS) is 10.4. The molecule has 0 radical (unpaired) electrons. The van der Waals surface area contributed by atoms with Crippen LogP contribution in [0, 0.1) is 0 Å². The van der Waals surface area contributed by atoms with Crippen LogP contribution in [0.25, 0.3) is 11.3 Å². The van der Waals surface area contributed by atoms with Gasteiger partial charge >= 0.3 is 0 Å². The quantitative estimate of drug-likeness (QED) is 0.706. The summed E-state index contributed by atoms with van der Waals surface area (Å²) in [5.41, 5.74) is 3.48. The van der Waals surface area contributed by atoms with E-state index in [-0.39, 0.29) is 0 Å². The van der Waals surface area contributed by atoms with Crippen LogP contribution >= 0.6 is 11.3 Å². The second-order valence-electron chi connectivity index (χ2n) is 4.52. The van der Waals surface area contributed by atoms with Gasteiger partial charge in [-0.25, -0.2) is 4.98 Å². The number of nitrogens with zero attached hydrogens (tertiary/aromatic N) is 1. The Labute approximate surface area is 122 Å². The zero-order valence-electron chi connectivity index (χ0n) is 11.2. The van der Waals surface area contributed by atoms with Crippen LogP contribution in [0.3, 0.4) is 0 Å². The SMILES string of the molecule is COc1ccc(Cc2nc(-c3ccccc3)cs2)cc1. The minimum Gasteiger partial charge on any atom is -0.497 e. The zero-order chi connectivity index (χ0) is 13.8. The third-order valence-electron chi connectivity index (χ3n) is 3.14. The molecule has 0 aliphatic heterocycles. The summed E-state index contributed by atoms with van der Waals surface area (Å²) in [5.74, 6) is 0.887. The van der Waals surface area contributed by atoms with Crippen molar-refractivity contribution in [2.24, 2.45) is 0 Å². The van der Waals surface area contributed by atoms with Crippen molar-refractivity contribution in [1.82, 2.24) is 4.98 Å². The smallest absolute Gasteiger partial charge is 0.118 e. The fourth-order valence-corrected chi connectivity index (χ4v) is 2.89. The van der Waals surface area contributed by atoms with Gasteiger partial charge in [0.15, 0.2) is 0 Å². The van der Waals surface area contributed by atoms with Gasteiger partial charge in [-0.05, 0) is 17.7 Å². The number of benzene rings is 2. The van der Waals surface area contributed by atoms with Gasteiger partial charge in [0, 0.05) is 17.4 Å². The van der Waals surface area contributed by atoms with Gasteiger partial charge in [0.1, 0.15) is 5.75 Å². The average Bonchev–Trinajstić information content (AvgIpc) is 2.97.